The minimum atomic E-state index is -0.897. The average molecular weight is 296 g/mol. The molecule has 0 radical (unpaired) electrons. The van der Waals surface area contributed by atoms with E-state index < -0.39 is 34.7 Å². The van der Waals surface area contributed by atoms with Crippen molar-refractivity contribution in [2.75, 3.05) is 19.7 Å². The molecule has 2 rings (SSSR count). The van der Waals surface area contributed by atoms with E-state index in [0.29, 0.717) is 13.1 Å². The Morgan fingerprint density at radius 2 is 2.05 bits per heavy atom. The molecule has 1 aliphatic heterocycles. The molecular weight excluding hydrogens is 283 g/mol. The summed E-state index contributed by atoms with van der Waals surface area (Å²) in [6, 6.07) is 3.31. The summed E-state index contributed by atoms with van der Waals surface area (Å²) >= 11 is 0. The molecule has 0 aliphatic carbocycles. The van der Waals surface area contributed by atoms with Gasteiger partial charge in [0, 0.05) is 32.0 Å². The summed E-state index contributed by atoms with van der Waals surface area (Å²) in [5.74, 6) is -1.79. The normalized spacial score (nSPS) is 14.9. The van der Waals surface area contributed by atoms with Gasteiger partial charge in [0.25, 0.3) is 5.91 Å². The van der Waals surface area contributed by atoms with Crippen molar-refractivity contribution >= 4 is 17.4 Å². The molecule has 1 aromatic rings. The highest BCUT2D eigenvalue weighted by Gasteiger charge is 2.24. The zero-order chi connectivity index (χ0) is 15.4. The molecule has 0 atom stereocenters. The average Bonchev–Trinajstić information content (AvgIpc) is 2.46. The highest BCUT2D eigenvalue weighted by atomic mass is 19.1. The smallest absolute Gasteiger partial charge is 0.314 e. The van der Waals surface area contributed by atoms with Crippen LogP contribution >= 0.6 is 0 Å². The standard InChI is InChI=1S/C13H13FN2O5/c14-10-2-1-3-11(16(19)20)13(10)21-8-12(18)15-6-4-9(17)5-7-15/h1-3H,4-8H2. The first kappa shape index (κ1) is 14.9. The van der Waals surface area contributed by atoms with Gasteiger partial charge in [0.15, 0.2) is 12.4 Å². The van der Waals surface area contributed by atoms with Crippen LogP contribution in [-0.2, 0) is 9.59 Å². The quantitative estimate of drug-likeness (QED) is 0.617. The number of benzene rings is 1. The number of Topliss-reactive ketones (excluding diaryl/α,β-unsaturated/α-hetero) is 1. The third-order valence-corrected chi connectivity index (χ3v) is 3.16. The maximum atomic E-state index is 13.6. The molecule has 0 bridgehead atoms. The first-order chi connectivity index (χ1) is 9.99. The highest BCUT2D eigenvalue weighted by Crippen LogP contribution is 2.29. The van der Waals surface area contributed by atoms with Crippen LogP contribution in [0.3, 0.4) is 0 Å². The van der Waals surface area contributed by atoms with Gasteiger partial charge in [-0.3, -0.25) is 19.7 Å². The lowest BCUT2D eigenvalue weighted by Crippen LogP contribution is -2.41. The molecule has 1 heterocycles. The third-order valence-electron chi connectivity index (χ3n) is 3.16. The van der Waals surface area contributed by atoms with Crippen LogP contribution in [0.1, 0.15) is 12.8 Å². The van der Waals surface area contributed by atoms with Gasteiger partial charge in [-0.25, -0.2) is 4.39 Å². The molecule has 7 nitrogen and oxygen atoms in total. The number of hydrogen-bond acceptors (Lipinski definition) is 5. The Balaban J connectivity index is 2.01. The van der Waals surface area contributed by atoms with E-state index in [-0.39, 0.29) is 18.6 Å². The van der Waals surface area contributed by atoms with Gasteiger partial charge in [-0.2, -0.15) is 0 Å². The number of nitrogens with zero attached hydrogens (tertiary/aromatic N) is 2. The second-order valence-electron chi connectivity index (χ2n) is 4.55. The van der Waals surface area contributed by atoms with Crippen LogP contribution in [0.5, 0.6) is 5.75 Å². The number of ether oxygens (including phenoxy) is 1. The third kappa shape index (κ3) is 3.53. The van der Waals surface area contributed by atoms with Crippen molar-refractivity contribution in [3.05, 3.63) is 34.1 Å². The zero-order valence-electron chi connectivity index (χ0n) is 11.1. The summed E-state index contributed by atoms with van der Waals surface area (Å²) in [4.78, 5) is 34.4. The van der Waals surface area contributed by atoms with Crippen LogP contribution in [0.2, 0.25) is 0 Å². The minimum absolute atomic E-state index is 0.0877. The van der Waals surface area contributed by atoms with Gasteiger partial charge < -0.3 is 9.64 Å². The maximum Gasteiger partial charge on any atom is 0.314 e. The number of para-hydroxylation sites is 1. The van der Waals surface area contributed by atoms with E-state index in [1.54, 1.807) is 0 Å². The first-order valence-corrected chi connectivity index (χ1v) is 6.34. The Hall–Kier alpha value is -2.51. The molecule has 0 N–H and O–H groups in total. The number of carbonyl (C=O) groups excluding carboxylic acids is 2. The summed E-state index contributed by atoms with van der Waals surface area (Å²) in [5, 5.41) is 10.8. The summed E-state index contributed by atoms with van der Waals surface area (Å²) in [7, 11) is 0. The molecule has 1 aromatic carbocycles. The molecule has 1 saturated heterocycles. The Morgan fingerprint density at radius 1 is 1.38 bits per heavy atom. The van der Waals surface area contributed by atoms with Crippen LogP contribution in [0.25, 0.3) is 0 Å². The topological polar surface area (TPSA) is 89.8 Å². The number of piperidine rings is 1. The highest BCUT2D eigenvalue weighted by molar-refractivity contribution is 5.84. The first-order valence-electron chi connectivity index (χ1n) is 6.34. The van der Waals surface area contributed by atoms with Gasteiger partial charge in [0.1, 0.15) is 5.78 Å². The van der Waals surface area contributed by atoms with E-state index in [9.17, 15) is 24.1 Å². The lowest BCUT2D eigenvalue weighted by atomic mass is 10.1. The second kappa shape index (κ2) is 6.29. The number of carbonyl (C=O) groups is 2. The van der Waals surface area contributed by atoms with Crippen molar-refractivity contribution in [1.29, 1.82) is 0 Å². The number of amides is 1. The monoisotopic (exact) mass is 296 g/mol. The van der Waals surface area contributed by atoms with Gasteiger partial charge in [-0.15, -0.1) is 0 Å². The van der Waals surface area contributed by atoms with Crippen LogP contribution in [0.4, 0.5) is 10.1 Å². The van der Waals surface area contributed by atoms with E-state index in [1.165, 1.54) is 11.0 Å². The number of nitro benzene ring substituents is 1. The largest absolute Gasteiger partial charge is 0.475 e. The Morgan fingerprint density at radius 3 is 2.67 bits per heavy atom. The number of ketones is 1. The predicted octanol–water partition coefficient (Wildman–Crippen LogP) is 1.30. The molecule has 0 spiro atoms. The lowest BCUT2D eigenvalue weighted by molar-refractivity contribution is -0.386. The molecule has 0 saturated carbocycles. The zero-order valence-corrected chi connectivity index (χ0v) is 11.1. The molecule has 1 fully saturated rings. The number of rotatable bonds is 4. The van der Waals surface area contributed by atoms with Crippen LogP contribution < -0.4 is 4.74 Å². The van der Waals surface area contributed by atoms with Gasteiger partial charge in [0.05, 0.1) is 4.92 Å². The summed E-state index contributed by atoms with van der Waals surface area (Å²) in [5.41, 5.74) is -0.531. The van der Waals surface area contributed by atoms with Crippen LogP contribution in [-0.4, -0.2) is 41.2 Å². The molecular formula is C13H13FN2O5. The molecule has 1 aliphatic rings. The van der Waals surface area contributed by atoms with Crippen LogP contribution in [0, 0.1) is 15.9 Å². The van der Waals surface area contributed by atoms with Gasteiger partial charge in [-0.05, 0) is 6.07 Å². The fourth-order valence-electron chi connectivity index (χ4n) is 2.01. The van der Waals surface area contributed by atoms with Gasteiger partial charge in [0.2, 0.25) is 5.75 Å². The minimum Gasteiger partial charge on any atom is -0.475 e. The van der Waals surface area contributed by atoms with E-state index in [0.717, 1.165) is 12.1 Å². The lowest BCUT2D eigenvalue weighted by Gasteiger charge is -2.25. The number of likely N-dealkylation sites (tertiary alicyclic amines) is 1. The molecule has 112 valence electrons. The Labute approximate surface area is 119 Å². The Kier molecular flexibility index (Phi) is 4.46. The predicted molar refractivity (Wildman–Crippen MR) is 69.4 cm³/mol. The van der Waals surface area contributed by atoms with Crippen molar-refractivity contribution in [2.45, 2.75) is 12.8 Å². The molecule has 0 aromatic heterocycles. The van der Waals surface area contributed by atoms with Crippen molar-refractivity contribution in [2.24, 2.45) is 0 Å². The van der Waals surface area contributed by atoms with Crippen LogP contribution in [0.15, 0.2) is 18.2 Å². The SMILES string of the molecule is O=C1CCN(C(=O)COc2c(F)cccc2[N+](=O)[O-])CC1. The van der Waals surface area contributed by atoms with Crippen molar-refractivity contribution in [1.82, 2.24) is 4.90 Å². The van der Waals surface area contributed by atoms with E-state index in [2.05, 4.69) is 0 Å². The molecule has 1 amide bonds. The van der Waals surface area contributed by atoms with Gasteiger partial charge in [-0.1, -0.05) is 6.07 Å². The number of hydrogen-bond donors (Lipinski definition) is 0. The summed E-state index contributed by atoms with van der Waals surface area (Å²) in [6.45, 7) is 0.0801. The fourth-order valence-corrected chi connectivity index (χ4v) is 2.01. The second-order valence-corrected chi connectivity index (χ2v) is 4.55. The summed E-state index contributed by atoms with van der Waals surface area (Å²) in [6.07, 6.45) is 0.567. The molecule has 21 heavy (non-hydrogen) atoms. The Bertz CT molecular complexity index is 580. The molecule has 0 unspecified atom stereocenters. The van der Waals surface area contributed by atoms with Gasteiger partial charge >= 0.3 is 5.69 Å². The van der Waals surface area contributed by atoms with E-state index in [1.807, 2.05) is 0 Å². The van der Waals surface area contributed by atoms with Crippen molar-refractivity contribution < 1.29 is 23.6 Å². The summed E-state index contributed by atoms with van der Waals surface area (Å²) < 4.78 is 18.5. The fraction of sp³-hybridized carbons (Fsp3) is 0.385. The molecule has 8 heteroatoms. The van der Waals surface area contributed by atoms with Crippen molar-refractivity contribution in [3.63, 3.8) is 0 Å². The maximum absolute atomic E-state index is 13.6. The number of nitro groups is 1. The van der Waals surface area contributed by atoms with E-state index in [4.69, 9.17) is 4.74 Å². The van der Waals surface area contributed by atoms with E-state index >= 15 is 0 Å². The number of halogens is 1. The van der Waals surface area contributed by atoms with Crippen molar-refractivity contribution in [3.8, 4) is 5.75 Å².